The van der Waals surface area contributed by atoms with Gasteiger partial charge >= 0.3 is 0 Å². The van der Waals surface area contributed by atoms with Crippen molar-refractivity contribution in [2.24, 2.45) is 7.05 Å². The number of aromatic amines is 1. The molecule has 0 aliphatic carbocycles. The number of hydrogen-bond donors (Lipinski definition) is 1. The molecule has 0 fully saturated rings. The molecule has 4 aromatic rings. The van der Waals surface area contributed by atoms with E-state index in [-0.39, 0.29) is 10.8 Å². The molecule has 0 spiro atoms. The fourth-order valence-electron chi connectivity index (χ4n) is 3.90. The Bertz CT molecular complexity index is 1340. The quantitative estimate of drug-likeness (QED) is 0.461. The lowest BCUT2D eigenvalue weighted by molar-refractivity contribution is 0.590. The van der Waals surface area contributed by atoms with Crippen molar-refractivity contribution in [3.05, 3.63) is 68.7 Å². The van der Waals surface area contributed by atoms with E-state index in [1.807, 2.05) is 43.8 Å². The van der Waals surface area contributed by atoms with Gasteiger partial charge in [-0.2, -0.15) is 0 Å². The number of H-pyrrole nitrogens is 1. The molecule has 5 nitrogen and oxygen atoms in total. The third-order valence-electron chi connectivity index (χ3n) is 5.36. The highest BCUT2D eigenvalue weighted by molar-refractivity contribution is 6.31. The van der Waals surface area contributed by atoms with Gasteiger partial charge in [-0.1, -0.05) is 38.4 Å². The van der Waals surface area contributed by atoms with Crippen molar-refractivity contribution in [1.82, 2.24) is 19.5 Å². The molecule has 0 aliphatic rings. The van der Waals surface area contributed by atoms with E-state index in [0.717, 1.165) is 33.6 Å². The SMILES string of the molecule is Cc1cn(C)c(-c2nccc3[nH]c(-c4cc(Cl)c(C(C)(C)C)cc4C)cc(=O)c23)n1. The Morgan fingerprint density at radius 3 is 2.50 bits per heavy atom. The zero-order chi connectivity index (χ0) is 21.8. The van der Waals surface area contributed by atoms with Crippen LogP contribution in [-0.4, -0.2) is 19.5 Å². The smallest absolute Gasteiger partial charge is 0.192 e. The first-order chi connectivity index (χ1) is 14.1. The van der Waals surface area contributed by atoms with E-state index in [2.05, 4.69) is 41.8 Å². The molecule has 0 unspecified atom stereocenters. The van der Waals surface area contributed by atoms with Gasteiger partial charge in [0.15, 0.2) is 11.3 Å². The van der Waals surface area contributed by atoms with Crippen molar-refractivity contribution in [1.29, 1.82) is 0 Å². The maximum Gasteiger partial charge on any atom is 0.192 e. The Balaban J connectivity index is 1.93. The molecule has 0 saturated heterocycles. The topological polar surface area (TPSA) is 63.6 Å². The van der Waals surface area contributed by atoms with Crippen molar-refractivity contribution in [2.75, 3.05) is 0 Å². The summed E-state index contributed by atoms with van der Waals surface area (Å²) in [4.78, 5) is 25.6. The average Bonchev–Trinajstić information content (AvgIpc) is 2.99. The minimum Gasteiger partial charge on any atom is -0.354 e. The first-order valence-corrected chi connectivity index (χ1v) is 10.3. The first kappa shape index (κ1) is 20.4. The summed E-state index contributed by atoms with van der Waals surface area (Å²) < 4.78 is 1.89. The summed E-state index contributed by atoms with van der Waals surface area (Å²) >= 11 is 6.61. The van der Waals surface area contributed by atoms with Gasteiger partial charge in [-0.05, 0) is 42.5 Å². The van der Waals surface area contributed by atoms with Crippen LogP contribution in [0.1, 0.15) is 37.6 Å². The van der Waals surface area contributed by atoms with Crippen molar-refractivity contribution in [2.45, 2.75) is 40.0 Å². The Hall–Kier alpha value is -2.92. The number of benzene rings is 1. The Morgan fingerprint density at radius 2 is 1.87 bits per heavy atom. The number of halogens is 1. The summed E-state index contributed by atoms with van der Waals surface area (Å²) in [5, 5.41) is 1.23. The predicted octanol–water partition coefficient (Wildman–Crippen LogP) is 5.56. The van der Waals surface area contributed by atoms with Crippen LogP contribution in [0.3, 0.4) is 0 Å². The number of pyridine rings is 2. The van der Waals surface area contributed by atoms with E-state index in [0.29, 0.717) is 21.9 Å². The van der Waals surface area contributed by atoms with Crippen molar-refractivity contribution in [3.63, 3.8) is 0 Å². The number of aromatic nitrogens is 4. The third-order valence-corrected chi connectivity index (χ3v) is 5.68. The van der Waals surface area contributed by atoms with Crippen LogP contribution < -0.4 is 5.43 Å². The second kappa shape index (κ2) is 7.10. The van der Waals surface area contributed by atoms with Crippen molar-refractivity contribution >= 4 is 22.5 Å². The fraction of sp³-hybridized carbons (Fsp3) is 0.292. The number of nitrogens with zero attached hydrogens (tertiary/aromatic N) is 3. The highest BCUT2D eigenvalue weighted by Crippen LogP contribution is 2.35. The van der Waals surface area contributed by atoms with Crippen LogP contribution in [0.5, 0.6) is 0 Å². The molecule has 0 atom stereocenters. The van der Waals surface area contributed by atoms with Gasteiger partial charge < -0.3 is 9.55 Å². The Labute approximate surface area is 180 Å². The van der Waals surface area contributed by atoms with Crippen LogP contribution in [0.25, 0.3) is 33.7 Å². The van der Waals surface area contributed by atoms with E-state index < -0.39 is 0 Å². The minimum absolute atomic E-state index is 0.0576. The van der Waals surface area contributed by atoms with Gasteiger partial charge in [0, 0.05) is 36.1 Å². The molecule has 3 aromatic heterocycles. The molecular weight excluding hydrogens is 396 g/mol. The monoisotopic (exact) mass is 420 g/mol. The van der Waals surface area contributed by atoms with Crippen LogP contribution in [0.4, 0.5) is 0 Å². The second-order valence-corrected chi connectivity index (χ2v) is 9.25. The summed E-state index contributed by atoms with van der Waals surface area (Å²) in [6.07, 6.45) is 3.62. The van der Waals surface area contributed by atoms with E-state index in [1.165, 1.54) is 0 Å². The summed E-state index contributed by atoms with van der Waals surface area (Å²) in [7, 11) is 1.90. The number of fused-ring (bicyclic) bond motifs is 1. The Kier molecular flexibility index (Phi) is 4.82. The fourth-order valence-corrected chi connectivity index (χ4v) is 4.34. The summed E-state index contributed by atoms with van der Waals surface area (Å²) in [6.45, 7) is 10.4. The normalized spacial score (nSPS) is 12.0. The molecule has 30 heavy (non-hydrogen) atoms. The minimum atomic E-state index is -0.0991. The summed E-state index contributed by atoms with van der Waals surface area (Å²) in [6, 6.07) is 7.49. The predicted molar refractivity (Wildman–Crippen MR) is 123 cm³/mol. The maximum atomic E-state index is 13.2. The van der Waals surface area contributed by atoms with Crippen LogP contribution >= 0.6 is 11.6 Å². The van der Waals surface area contributed by atoms with E-state index in [9.17, 15) is 4.79 Å². The van der Waals surface area contributed by atoms with Gasteiger partial charge in [0.25, 0.3) is 0 Å². The number of imidazole rings is 1. The number of aryl methyl sites for hydroxylation is 3. The number of nitrogens with one attached hydrogen (secondary N) is 1. The molecule has 6 heteroatoms. The van der Waals surface area contributed by atoms with E-state index >= 15 is 0 Å². The largest absolute Gasteiger partial charge is 0.354 e. The van der Waals surface area contributed by atoms with Gasteiger partial charge in [0.2, 0.25) is 0 Å². The van der Waals surface area contributed by atoms with Gasteiger partial charge in [0.05, 0.1) is 22.3 Å². The molecule has 4 rings (SSSR count). The third kappa shape index (κ3) is 3.43. The van der Waals surface area contributed by atoms with Gasteiger partial charge in [0.1, 0.15) is 5.69 Å². The van der Waals surface area contributed by atoms with Gasteiger partial charge in [-0.3, -0.25) is 9.78 Å². The van der Waals surface area contributed by atoms with Crippen LogP contribution in [-0.2, 0) is 12.5 Å². The van der Waals surface area contributed by atoms with Gasteiger partial charge in [-0.25, -0.2) is 4.98 Å². The maximum absolute atomic E-state index is 13.2. The molecule has 1 N–H and O–H groups in total. The molecule has 0 bridgehead atoms. The zero-order valence-electron chi connectivity index (χ0n) is 18.1. The molecule has 0 aliphatic heterocycles. The van der Waals surface area contributed by atoms with Gasteiger partial charge in [-0.15, -0.1) is 0 Å². The molecule has 3 heterocycles. The lowest BCUT2D eigenvalue weighted by Gasteiger charge is -2.22. The lowest BCUT2D eigenvalue weighted by Crippen LogP contribution is -2.12. The van der Waals surface area contributed by atoms with Crippen LogP contribution in [0.2, 0.25) is 5.02 Å². The second-order valence-electron chi connectivity index (χ2n) is 8.84. The molecule has 154 valence electrons. The molecule has 0 radical (unpaired) electrons. The number of hydrogen-bond acceptors (Lipinski definition) is 3. The average molecular weight is 421 g/mol. The highest BCUT2D eigenvalue weighted by atomic mass is 35.5. The summed E-state index contributed by atoms with van der Waals surface area (Å²) in [5.41, 5.74) is 5.82. The van der Waals surface area contributed by atoms with E-state index in [1.54, 1.807) is 12.3 Å². The highest BCUT2D eigenvalue weighted by Gasteiger charge is 2.20. The molecular formula is C24H25ClN4O. The summed E-state index contributed by atoms with van der Waals surface area (Å²) in [5.74, 6) is 0.671. The van der Waals surface area contributed by atoms with Crippen molar-refractivity contribution in [3.8, 4) is 22.8 Å². The standard InChI is InChI=1S/C24H25ClN4O/c1-13-9-16(24(3,4)5)17(25)10-15(13)19-11-20(30)21-18(28-19)7-8-26-22(21)23-27-14(2)12-29(23)6/h7-12H,1-6H3,(H,28,30). The van der Waals surface area contributed by atoms with Crippen LogP contribution in [0.15, 0.2) is 41.5 Å². The van der Waals surface area contributed by atoms with Crippen LogP contribution in [0, 0.1) is 13.8 Å². The Morgan fingerprint density at radius 1 is 1.13 bits per heavy atom. The van der Waals surface area contributed by atoms with Crippen molar-refractivity contribution < 1.29 is 0 Å². The zero-order valence-corrected chi connectivity index (χ0v) is 18.8. The molecule has 0 amide bonds. The number of rotatable bonds is 2. The van der Waals surface area contributed by atoms with E-state index in [4.69, 9.17) is 11.6 Å². The molecule has 1 aromatic carbocycles. The molecule has 0 saturated carbocycles. The first-order valence-electron chi connectivity index (χ1n) is 9.89. The lowest BCUT2D eigenvalue weighted by atomic mass is 9.85.